The lowest BCUT2D eigenvalue weighted by atomic mass is 9.98. The summed E-state index contributed by atoms with van der Waals surface area (Å²) in [5, 5.41) is 0. The first-order valence-electron chi connectivity index (χ1n) is 5.09. The molecule has 0 saturated carbocycles. The topological polar surface area (TPSA) is 9.23 Å². The maximum absolute atomic E-state index is 5.12. The zero-order chi connectivity index (χ0) is 9.97. The second-order valence-corrected chi connectivity index (χ2v) is 3.82. The van der Waals surface area contributed by atoms with Gasteiger partial charge in [0.05, 0.1) is 0 Å². The van der Waals surface area contributed by atoms with Gasteiger partial charge in [0.2, 0.25) is 0 Å². The van der Waals surface area contributed by atoms with E-state index in [-0.39, 0.29) is 0 Å². The Labute approximate surface area is 85.4 Å². The summed E-state index contributed by atoms with van der Waals surface area (Å²) < 4.78 is 5.12. The summed E-state index contributed by atoms with van der Waals surface area (Å²) in [6.45, 7) is 3.02. The minimum Gasteiger partial charge on any atom is -0.385 e. The van der Waals surface area contributed by atoms with Crippen LogP contribution >= 0.6 is 0 Å². The van der Waals surface area contributed by atoms with Gasteiger partial charge in [-0.1, -0.05) is 30.3 Å². The quantitative estimate of drug-likeness (QED) is 0.707. The minimum absolute atomic E-state index is 0.561. The molecule has 1 heteroatoms. The molecule has 1 unspecified atom stereocenters. The van der Waals surface area contributed by atoms with Gasteiger partial charge in [0.1, 0.15) is 0 Å². The number of hydrogen-bond acceptors (Lipinski definition) is 1. The molecule has 14 heavy (non-hydrogen) atoms. The molecule has 2 rings (SSSR count). The first-order chi connectivity index (χ1) is 6.83. The summed E-state index contributed by atoms with van der Waals surface area (Å²) >= 11 is 0. The van der Waals surface area contributed by atoms with Crippen molar-refractivity contribution in [2.24, 2.45) is 0 Å². The largest absolute Gasteiger partial charge is 0.385 e. The highest BCUT2D eigenvalue weighted by Crippen LogP contribution is 2.37. The lowest BCUT2D eigenvalue weighted by molar-refractivity contribution is 0.192. The molecule has 1 aromatic rings. The normalized spacial score (nSPS) is 19.3. The van der Waals surface area contributed by atoms with Gasteiger partial charge < -0.3 is 4.74 Å². The van der Waals surface area contributed by atoms with Crippen molar-refractivity contribution in [2.45, 2.75) is 19.3 Å². The van der Waals surface area contributed by atoms with Gasteiger partial charge in [-0.05, 0) is 30.0 Å². The molecule has 1 atom stereocenters. The molecular weight excluding hydrogens is 172 g/mol. The van der Waals surface area contributed by atoms with Crippen LogP contribution in [0.1, 0.15) is 30.4 Å². The van der Waals surface area contributed by atoms with Crippen LogP contribution in [0.25, 0.3) is 5.57 Å². The van der Waals surface area contributed by atoms with Crippen LogP contribution in [-0.4, -0.2) is 13.7 Å². The van der Waals surface area contributed by atoms with E-state index in [1.165, 1.54) is 16.7 Å². The molecule has 0 aliphatic heterocycles. The van der Waals surface area contributed by atoms with E-state index < -0.39 is 0 Å². The standard InChI is InChI=1S/C13H16O/c1-10-9-11(7-8-14-2)13-6-4-3-5-12(10)13/h3-6,9,11H,7-8H2,1-2H3. The van der Waals surface area contributed by atoms with E-state index in [4.69, 9.17) is 4.74 Å². The molecule has 0 N–H and O–H groups in total. The zero-order valence-electron chi connectivity index (χ0n) is 8.79. The van der Waals surface area contributed by atoms with E-state index in [1.807, 2.05) is 0 Å². The molecule has 0 amide bonds. The number of benzene rings is 1. The molecule has 0 fully saturated rings. The van der Waals surface area contributed by atoms with Gasteiger partial charge in [-0.25, -0.2) is 0 Å². The number of rotatable bonds is 3. The maximum Gasteiger partial charge on any atom is 0.0471 e. The molecule has 1 aliphatic rings. The van der Waals surface area contributed by atoms with E-state index in [2.05, 4.69) is 37.3 Å². The Morgan fingerprint density at radius 1 is 1.29 bits per heavy atom. The zero-order valence-corrected chi connectivity index (χ0v) is 8.79. The SMILES string of the molecule is COCCC1C=C(C)c2ccccc21. The van der Waals surface area contributed by atoms with Crippen molar-refractivity contribution in [3.63, 3.8) is 0 Å². The van der Waals surface area contributed by atoms with Crippen molar-refractivity contribution in [1.29, 1.82) is 0 Å². The summed E-state index contributed by atoms with van der Waals surface area (Å²) in [5.74, 6) is 0.561. The number of methoxy groups -OCH3 is 1. The summed E-state index contributed by atoms with van der Waals surface area (Å²) in [6, 6.07) is 8.65. The van der Waals surface area contributed by atoms with Gasteiger partial charge >= 0.3 is 0 Å². The second kappa shape index (κ2) is 3.97. The van der Waals surface area contributed by atoms with Crippen LogP contribution in [0.15, 0.2) is 30.3 Å². The molecule has 74 valence electrons. The van der Waals surface area contributed by atoms with Crippen LogP contribution in [0.3, 0.4) is 0 Å². The van der Waals surface area contributed by atoms with Gasteiger partial charge in [0.15, 0.2) is 0 Å². The van der Waals surface area contributed by atoms with E-state index >= 15 is 0 Å². The third-order valence-electron chi connectivity index (χ3n) is 2.87. The first kappa shape index (κ1) is 9.47. The highest BCUT2D eigenvalue weighted by Gasteiger charge is 2.19. The smallest absolute Gasteiger partial charge is 0.0471 e. The van der Waals surface area contributed by atoms with Crippen molar-refractivity contribution < 1.29 is 4.74 Å². The van der Waals surface area contributed by atoms with Crippen LogP contribution in [0.2, 0.25) is 0 Å². The van der Waals surface area contributed by atoms with E-state index in [0.29, 0.717) is 5.92 Å². The minimum atomic E-state index is 0.561. The Morgan fingerprint density at radius 3 is 2.86 bits per heavy atom. The van der Waals surface area contributed by atoms with Crippen molar-refractivity contribution in [2.75, 3.05) is 13.7 Å². The Morgan fingerprint density at radius 2 is 2.07 bits per heavy atom. The average Bonchev–Trinajstić information content (AvgIpc) is 2.54. The summed E-state index contributed by atoms with van der Waals surface area (Å²) in [6.07, 6.45) is 3.44. The number of hydrogen-bond donors (Lipinski definition) is 0. The van der Waals surface area contributed by atoms with Crippen LogP contribution in [0.4, 0.5) is 0 Å². The molecular formula is C13H16O. The first-order valence-corrected chi connectivity index (χ1v) is 5.09. The van der Waals surface area contributed by atoms with Crippen molar-refractivity contribution in [3.8, 4) is 0 Å². The predicted molar refractivity (Wildman–Crippen MR) is 59.3 cm³/mol. The molecule has 1 aromatic carbocycles. The Hall–Kier alpha value is -1.08. The number of allylic oxidation sites excluding steroid dienone is 2. The molecule has 0 aromatic heterocycles. The fourth-order valence-electron chi connectivity index (χ4n) is 2.14. The Balaban J connectivity index is 2.23. The summed E-state index contributed by atoms with van der Waals surface area (Å²) in [4.78, 5) is 0. The van der Waals surface area contributed by atoms with Gasteiger partial charge in [-0.3, -0.25) is 0 Å². The molecule has 1 nitrogen and oxygen atoms in total. The number of fused-ring (bicyclic) bond motifs is 1. The van der Waals surface area contributed by atoms with E-state index in [1.54, 1.807) is 7.11 Å². The predicted octanol–water partition coefficient (Wildman–Crippen LogP) is 3.22. The average molecular weight is 188 g/mol. The molecule has 0 heterocycles. The van der Waals surface area contributed by atoms with Crippen molar-refractivity contribution in [3.05, 3.63) is 41.5 Å². The summed E-state index contributed by atoms with van der Waals surface area (Å²) in [5.41, 5.74) is 4.28. The van der Waals surface area contributed by atoms with Crippen LogP contribution in [-0.2, 0) is 4.74 Å². The highest BCUT2D eigenvalue weighted by molar-refractivity contribution is 5.73. The van der Waals surface area contributed by atoms with Crippen molar-refractivity contribution in [1.82, 2.24) is 0 Å². The Bertz CT molecular complexity index is 352. The highest BCUT2D eigenvalue weighted by atomic mass is 16.5. The fraction of sp³-hybridized carbons (Fsp3) is 0.385. The van der Waals surface area contributed by atoms with Gasteiger partial charge in [-0.2, -0.15) is 0 Å². The van der Waals surface area contributed by atoms with Crippen LogP contribution in [0, 0.1) is 0 Å². The lowest BCUT2D eigenvalue weighted by Gasteiger charge is -2.09. The van der Waals surface area contributed by atoms with Crippen LogP contribution < -0.4 is 0 Å². The van der Waals surface area contributed by atoms with Crippen molar-refractivity contribution >= 4 is 5.57 Å². The second-order valence-electron chi connectivity index (χ2n) is 3.82. The lowest BCUT2D eigenvalue weighted by Crippen LogP contribution is -1.98. The van der Waals surface area contributed by atoms with Crippen LogP contribution in [0.5, 0.6) is 0 Å². The summed E-state index contributed by atoms with van der Waals surface area (Å²) in [7, 11) is 1.76. The third kappa shape index (κ3) is 1.60. The fourth-order valence-corrected chi connectivity index (χ4v) is 2.14. The number of ether oxygens (including phenoxy) is 1. The van der Waals surface area contributed by atoms with Gasteiger partial charge in [0.25, 0.3) is 0 Å². The molecule has 1 aliphatic carbocycles. The molecule has 0 bridgehead atoms. The molecule has 0 saturated heterocycles. The molecule has 0 spiro atoms. The van der Waals surface area contributed by atoms with E-state index in [9.17, 15) is 0 Å². The van der Waals surface area contributed by atoms with Gasteiger partial charge in [-0.15, -0.1) is 0 Å². The maximum atomic E-state index is 5.12. The van der Waals surface area contributed by atoms with E-state index in [0.717, 1.165) is 13.0 Å². The third-order valence-corrected chi connectivity index (χ3v) is 2.87. The molecule has 0 radical (unpaired) electrons. The Kier molecular flexibility index (Phi) is 2.69. The van der Waals surface area contributed by atoms with Gasteiger partial charge in [0, 0.05) is 19.6 Å². The monoisotopic (exact) mass is 188 g/mol.